The quantitative estimate of drug-likeness (QED) is 0.911. The summed E-state index contributed by atoms with van der Waals surface area (Å²) in [6.07, 6.45) is 0.804. The molecule has 0 bridgehead atoms. The van der Waals surface area contributed by atoms with Gasteiger partial charge in [0, 0.05) is 11.6 Å². The Labute approximate surface area is 130 Å². The van der Waals surface area contributed by atoms with E-state index < -0.39 is 10.8 Å². The molecule has 0 radical (unpaired) electrons. The highest BCUT2D eigenvalue weighted by Gasteiger charge is 2.28. The van der Waals surface area contributed by atoms with E-state index in [4.69, 9.17) is 17.3 Å². The number of rotatable bonds is 3. The third kappa shape index (κ3) is 2.52. The molecule has 0 fully saturated rings. The van der Waals surface area contributed by atoms with Gasteiger partial charge in [0.2, 0.25) is 0 Å². The van der Waals surface area contributed by atoms with E-state index in [0.717, 1.165) is 17.8 Å². The number of hydrogen-bond acceptors (Lipinski definition) is 4. The maximum Gasteiger partial charge on any atom is 0.116 e. The molecule has 1 aliphatic rings. The van der Waals surface area contributed by atoms with Crippen LogP contribution in [0.15, 0.2) is 46.2 Å². The van der Waals surface area contributed by atoms with E-state index in [2.05, 4.69) is 4.90 Å². The first-order valence-electron chi connectivity index (χ1n) is 6.64. The molecule has 6 heteroatoms. The summed E-state index contributed by atoms with van der Waals surface area (Å²) in [5.74, 6) is 0.110. The lowest BCUT2D eigenvalue weighted by Gasteiger charge is -2.32. The Kier molecular flexibility index (Phi) is 3.89. The predicted octanol–water partition coefficient (Wildman–Crippen LogP) is 3.01. The fourth-order valence-corrected chi connectivity index (χ4v) is 4.02. The first-order chi connectivity index (χ1) is 10.1. The average Bonchev–Trinajstić information content (AvgIpc) is 2.47. The van der Waals surface area contributed by atoms with E-state index in [0.29, 0.717) is 27.9 Å². The van der Waals surface area contributed by atoms with Crippen LogP contribution in [0.4, 0.5) is 11.4 Å². The van der Waals surface area contributed by atoms with Crippen LogP contribution in [-0.2, 0) is 10.8 Å². The molecule has 4 nitrogen and oxygen atoms in total. The first-order valence-corrected chi connectivity index (χ1v) is 8.16. The van der Waals surface area contributed by atoms with Crippen molar-refractivity contribution < 1.29 is 9.32 Å². The zero-order chi connectivity index (χ0) is 15.0. The molecule has 0 saturated carbocycles. The number of aromatic hydroxyl groups is 1. The molecule has 0 saturated heterocycles. The van der Waals surface area contributed by atoms with Gasteiger partial charge in [0.15, 0.2) is 0 Å². The molecular formula is C15H15ClN2O2S. The molecule has 21 heavy (non-hydrogen) atoms. The summed E-state index contributed by atoms with van der Waals surface area (Å²) in [6, 6.07) is 10.3. The molecule has 1 heterocycles. The number of phenolic OH excluding ortho intramolecular Hbond substituents is 1. The van der Waals surface area contributed by atoms with Crippen LogP contribution >= 0.6 is 11.6 Å². The number of phenols is 1. The minimum absolute atomic E-state index is 0.110. The molecule has 110 valence electrons. The highest BCUT2D eigenvalue weighted by molar-refractivity contribution is 7.85. The minimum Gasteiger partial charge on any atom is -0.508 e. The second kappa shape index (κ2) is 5.67. The summed E-state index contributed by atoms with van der Waals surface area (Å²) < 4.78 is 12.7. The van der Waals surface area contributed by atoms with Crippen molar-refractivity contribution in [2.24, 2.45) is 5.73 Å². The Morgan fingerprint density at radius 3 is 2.71 bits per heavy atom. The number of benzene rings is 2. The van der Waals surface area contributed by atoms with Crippen LogP contribution in [0.5, 0.6) is 5.75 Å². The van der Waals surface area contributed by atoms with Crippen LogP contribution in [0, 0.1) is 0 Å². The maximum absolute atomic E-state index is 12.7. The molecule has 0 aromatic heterocycles. The van der Waals surface area contributed by atoms with E-state index in [1.165, 1.54) is 0 Å². The van der Waals surface area contributed by atoms with Gasteiger partial charge in [0.25, 0.3) is 0 Å². The number of nitrogens with two attached hydrogens (primary N) is 1. The van der Waals surface area contributed by atoms with Gasteiger partial charge in [-0.25, -0.2) is 4.21 Å². The van der Waals surface area contributed by atoms with Gasteiger partial charge in [-0.15, -0.1) is 0 Å². The van der Waals surface area contributed by atoms with Crippen LogP contribution in [0.25, 0.3) is 0 Å². The van der Waals surface area contributed by atoms with Gasteiger partial charge in [-0.1, -0.05) is 11.6 Å². The third-order valence-electron chi connectivity index (χ3n) is 3.43. The van der Waals surface area contributed by atoms with Gasteiger partial charge in [-0.2, -0.15) is 0 Å². The van der Waals surface area contributed by atoms with Crippen molar-refractivity contribution in [2.45, 2.75) is 16.2 Å². The van der Waals surface area contributed by atoms with Crippen molar-refractivity contribution in [3.05, 3.63) is 41.4 Å². The molecule has 3 rings (SSSR count). The van der Waals surface area contributed by atoms with Gasteiger partial charge >= 0.3 is 0 Å². The van der Waals surface area contributed by atoms with Crippen LogP contribution < -0.4 is 10.6 Å². The van der Waals surface area contributed by atoms with Crippen LogP contribution in [0.3, 0.4) is 0 Å². The summed E-state index contributed by atoms with van der Waals surface area (Å²) in [6.45, 7) is 1.28. The first kappa shape index (κ1) is 14.4. The maximum atomic E-state index is 12.7. The number of halogens is 1. The van der Waals surface area contributed by atoms with E-state index in [1.54, 1.807) is 30.3 Å². The normalized spacial score (nSPS) is 16.5. The van der Waals surface area contributed by atoms with Gasteiger partial charge in [-0.05, 0) is 49.4 Å². The molecular weight excluding hydrogens is 308 g/mol. The summed E-state index contributed by atoms with van der Waals surface area (Å²) in [5, 5.41) is 10.3. The fraction of sp³-hybridized carbons (Fsp3) is 0.200. The molecule has 3 N–H and O–H groups in total. The topological polar surface area (TPSA) is 66.6 Å². The third-order valence-corrected chi connectivity index (χ3v) is 5.14. The van der Waals surface area contributed by atoms with E-state index in [1.807, 2.05) is 6.07 Å². The van der Waals surface area contributed by atoms with Crippen molar-refractivity contribution in [1.82, 2.24) is 0 Å². The minimum atomic E-state index is -1.33. The van der Waals surface area contributed by atoms with Gasteiger partial charge in [0.05, 0.1) is 32.0 Å². The predicted molar refractivity (Wildman–Crippen MR) is 84.9 cm³/mol. The fourth-order valence-electron chi connectivity index (χ4n) is 2.47. The number of fused-ring (bicyclic) bond motifs is 2. The van der Waals surface area contributed by atoms with Crippen molar-refractivity contribution in [2.75, 3.05) is 18.0 Å². The summed E-state index contributed by atoms with van der Waals surface area (Å²) in [5.41, 5.74) is 7.28. The monoisotopic (exact) mass is 322 g/mol. The van der Waals surface area contributed by atoms with Crippen molar-refractivity contribution in [1.29, 1.82) is 0 Å². The lowest BCUT2D eigenvalue weighted by Crippen LogP contribution is -2.26. The van der Waals surface area contributed by atoms with E-state index >= 15 is 0 Å². The summed E-state index contributed by atoms with van der Waals surface area (Å²) >= 11 is 6.09. The molecule has 0 amide bonds. The van der Waals surface area contributed by atoms with Crippen LogP contribution in [0.2, 0.25) is 5.02 Å². The van der Waals surface area contributed by atoms with Crippen molar-refractivity contribution in [3.8, 4) is 5.75 Å². The van der Waals surface area contributed by atoms with E-state index in [9.17, 15) is 9.32 Å². The van der Waals surface area contributed by atoms with Crippen LogP contribution in [-0.4, -0.2) is 22.4 Å². The molecule has 0 spiro atoms. The SMILES string of the molecule is NCCCN1c2cc(Cl)ccc2S(=O)c2cc(O)ccc21. The lowest BCUT2D eigenvalue weighted by molar-refractivity contribution is 0.473. The number of nitrogens with zero attached hydrogens (tertiary/aromatic N) is 1. The van der Waals surface area contributed by atoms with Crippen molar-refractivity contribution in [3.63, 3.8) is 0 Å². The van der Waals surface area contributed by atoms with Gasteiger partial charge in [0.1, 0.15) is 5.75 Å². The van der Waals surface area contributed by atoms with Gasteiger partial charge < -0.3 is 15.7 Å². The highest BCUT2D eigenvalue weighted by Crippen LogP contribution is 2.44. The van der Waals surface area contributed by atoms with Crippen LogP contribution in [0.1, 0.15) is 6.42 Å². The Morgan fingerprint density at radius 1 is 1.14 bits per heavy atom. The number of hydrogen-bond donors (Lipinski definition) is 2. The Bertz CT molecular complexity index is 721. The molecule has 2 aromatic carbocycles. The molecule has 1 unspecified atom stereocenters. The average molecular weight is 323 g/mol. The summed E-state index contributed by atoms with van der Waals surface area (Å²) in [4.78, 5) is 3.38. The standard InChI is InChI=1S/C15H15ClN2O2S/c16-10-2-5-14-13(8-10)18(7-1-6-17)12-4-3-11(19)9-15(12)21(14)20/h2-5,8-9,19H,1,6-7,17H2. The van der Waals surface area contributed by atoms with Crippen molar-refractivity contribution >= 4 is 33.8 Å². The molecule has 1 aliphatic heterocycles. The van der Waals surface area contributed by atoms with Gasteiger partial charge in [-0.3, -0.25) is 0 Å². The zero-order valence-corrected chi connectivity index (χ0v) is 12.8. The second-order valence-electron chi connectivity index (χ2n) is 4.83. The summed E-state index contributed by atoms with van der Waals surface area (Å²) in [7, 11) is -1.33. The Hall–Kier alpha value is -1.56. The zero-order valence-electron chi connectivity index (χ0n) is 11.3. The largest absolute Gasteiger partial charge is 0.508 e. The highest BCUT2D eigenvalue weighted by atomic mass is 35.5. The second-order valence-corrected chi connectivity index (χ2v) is 6.68. The molecule has 1 atom stereocenters. The Balaban J connectivity index is 2.18. The smallest absolute Gasteiger partial charge is 0.116 e. The number of anilines is 2. The van der Waals surface area contributed by atoms with E-state index in [-0.39, 0.29) is 5.75 Å². The lowest BCUT2D eigenvalue weighted by atomic mass is 10.2. The molecule has 2 aromatic rings. The Morgan fingerprint density at radius 2 is 1.95 bits per heavy atom. The molecule has 0 aliphatic carbocycles.